The maximum atomic E-state index is 13.3. The number of ether oxygens (including phenoxy) is 1. The molecule has 4 rings (SSSR count). The Bertz CT molecular complexity index is 771. The Labute approximate surface area is 137 Å². The number of imidazole rings is 1. The van der Waals surface area contributed by atoms with Crippen molar-refractivity contribution in [2.24, 2.45) is 0 Å². The first-order valence-corrected chi connectivity index (χ1v) is 8.11. The molecule has 2 fully saturated rings. The van der Waals surface area contributed by atoms with Crippen LogP contribution in [-0.4, -0.2) is 57.6 Å². The maximum absolute atomic E-state index is 13.3. The molecular weight excluding hydrogens is 318 g/mol. The fraction of sp³-hybridized carbons (Fsp3) is 0.562. The molecule has 1 amide bonds. The summed E-state index contributed by atoms with van der Waals surface area (Å²) < 4.78 is 34.0. The second kappa shape index (κ2) is 5.77. The van der Waals surface area contributed by atoms with Gasteiger partial charge in [0.2, 0.25) is 0 Å². The van der Waals surface area contributed by atoms with Gasteiger partial charge in [0.1, 0.15) is 5.52 Å². The van der Waals surface area contributed by atoms with Crippen LogP contribution in [0.1, 0.15) is 35.7 Å². The number of likely N-dealkylation sites (tertiary alicyclic amines) is 1. The molecular formula is C16H18F2N4O2. The van der Waals surface area contributed by atoms with E-state index < -0.39 is 18.4 Å². The molecule has 0 aliphatic carbocycles. The first kappa shape index (κ1) is 15.4. The highest BCUT2D eigenvalue weighted by Gasteiger charge is 2.40. The van der Waals surface area contributed by atoms with Gasteiger partial charge in [-0.2, -0.15) is 0 Å². The minimum Gasteiger partial charge on any atom is -0.381 e. The third kappa shape index (κ3) is 2.75. The number of nitrogens with zero attached hydrogens (tertiary/aromatic N) is 4. The molecule has 0 atom stereocenters. The van der Waals surface area contributed by atoms with Crippen molar-refractivity contribution in [1.82, 2.24) is 19.4 Å². The SMILES string of the molecule is O=C(c1cnc2c(c1)ncn2C1CCOCC1)N1CCC(F)(F)C1. The van der Waals surface area contributed by atoms with E-state index >= 15 is 0 Å². The smallest absolute Gasteiger partial charge is 0.267 e. The summed E-state index contributed by atoms with van der Waals surface area (Å²) in [4.78, 5) is 22.3. The molecule has 8 heteroatoms. The van der Waals surface area contributed by atoms with Gasteiger partial charge >= 0.3 is 0 Å². The van der Waals surface area contributed by atoms with Crippen LogP contribution in [-0.2, 0) is 4.74 Å². The summed E-state index contributed by atoms with van der Waals surface area (Å²) in [7, 11) is 0. The van der Waals surface area contributed by atoms with E-state index in [1.165, 1.54) is 11.1 Å². The van der Waals surface area contributed by atoms with Gasteiger partial charge in [-0.05, 0) is 18.9 Å². The quantitative estimate of drug-likeness (QED) is 0.844. The van der Waals surface area contributed by atoms with Crippen LogP contribution in [0.25, 0.3) is 11.2 Å². The highest BCUT2D eigenvalue weighted by molar-refractivity contribution is 5.96. The van der Waals surface area contributed by atoms with Gasteiger partial charge in [0, 0.05) is 38.4 Å². The molecule has 0 aromatic carbocycles. The summed E-state index contributed by atoms with van der Waals surface area (Å²) in [6, 6.07) is 1.92. The van der Waals surface area contributed by atoms with Crippen LogP contribution >= 0.6 is 0 Å². The van der Waals surface area contributed by atoms with Crippen molar-refractivity contribution in [3.63, 3.8) is 0 Å². The third-order valence-electron chi connectivity index (χ3n) is 4.70. The number of carbonyl (C=O) groups excluding carboxylic acids is 1. The van der Waals surface area contributed by atoms with E-state index in [0.29, 0.717) is 29.9 Å². The summed E-state index contributed by atoms with van der Waals surface area (Å²) in [6.07, 6.45) is 4.70. The summed E-state index contributed by atoms with van der Waals surface area (Å²) in [5.74, 6) is -3.21. The van der Waals surface area contributed by atoms with Gasteiger partial charge in [-0.3, -0.25) is 4.79 Å². The standard InChI is InChI=1S/C16H18F2N4O2/c17-16(18)3-4-21(9-16)15(23)11-7-13-14(19-8-11)22(10-20-13)12-1-5-24-6-2-12/h7-8,10,12H,1-6,9H2. The lowest BCUT2D eigenvalue weighted by Crippen LogP contribution is -2.31. The number of fused-ring (bicyclic) bond motifs is 1. The maximum Gasteiger partial charge on any atom is 0.267 e. The van der Waals surface area contributed by atoms with E-state index in [1.807, 2.05) is 4.57 Å². The monoisotopic (exact) mass is 336 g/mol. The zero-order valence-corrected chi connectivity index (χ0v) is 13.1. The lowest BCUT2D eigenvalue weighted by molar-refractivity contribution is 0.0120. The first-order valence-electron chi connectivity index (χ1n) is 8.11. The number of pyridine rings is 1. The topological polar surface area (TPSA) is 60.3 Å². The van der Waals surface area contributed by atoms with Crippen LogP contribution in [0.5, 0.6) is 0 Å². The van der Waals surface area contributed by atoms with Crippen LogP contribution in [0, 0.1) is 0 Å². The van der Waals surface area contributed by atoms with Crippen molar-refractivity contribution in [2.75, 3.05) is 26.3 Å². The first-order chi connectivity index (χ1) is 11.5. The molecule has 4 heterocycles. The molecule has 2 aromatic heterocycles. The number of carbonyl (C=O) groups is 1. The molecule has 24 heavy (non-hydrogen) atoms. The Morgan fingerprint density at radius 1 is 1.29 bits per heavy atom. The van der Waals surface area contributed by atoms with Crippen LogP contribution < -0.4 is 0 Å². The average molecular weight is 336 g/mol. The van der Waals surface area contributed by atoms with Crippen LogP contribution in [0.15, 0.2) is 18.6 Å². The molecule has 0 spiro atoms. The predicted octanol–water partition coefficient (Wildman–Crippen LogP) is 2.26. The Kier molecular flexibility index (Phi) is 3.71. The summed E-state index contributed by atoms with van der Waals surface area (Å²) >= 11 is 0. The van der Waals surface area contributed by atoms with E-state index in [-0.39, 0.29) is 19.0 Å². The van der Waals surface area contributed by atoms with Gasteiger partial charge in [0.15, 0.2) is 5.65 Å². The van der Waals surface area contributed by atoms with Gasteiger partial charge in [0.25, 0.3) is 11.8 Å². The summed E-state index contributed by atoms with van der Waals surface area (Å²) in [6.45, 7) is 0.967. The molecule has 0 N–H and O–H groups in total. The molecule has 2 aliphatic heterocycles. The molecule has 2 aromatic rings. The molecule has 0 saturated carbocycles. The molecule has 2 aliphatic rings. The number of alkyl halides is 2. The average Bonchev–Trinajstić information content (AvgIpc) is 3.17. The molecule has 0 unspecified atom stereocenters. The fourth-order valence-corrected chi connectivity index (χ4v) is 3.36. The predicted molar refractivity (Wildman–Crippen MR) is 82.1 cm³/mol. The second-order valence-corrected chi connectivity index (χ2v) is 6.39. The molecule has 0 bridgehead atoms. The molecule has 2 saturated heterocycles. The van der Waals surface area contributed by atoms with Crippen molar-refractivity contribution in [1.29, 1.82) is 0 Å². The van der Waals surface area contributed by atoms with Gasteiger partial charge < -0.3 is 14.2 Å². The molecule has 6 nitrogen and oxygen atoms in total. The van der Waals surface area contributed by atoms with Crippen molar-refractivity contribution in [3.8, 4) is 0 Å². The third-order valence-corrected chi connectivity index (χ3v) is 4.70. The van der Waals surface area contributed by atoms with Crippen LogP contribution in [0.2, 0.25) is 0 Å². The summed E-state index contributed by atoms with van der Waals surface area (Å²) in [5.41, 5.74) is 1.63. The number of amides is 1. The lowest BCUT2D eigenvalue weighted by atomic mass is 10.1. The Morgan fingerprint density at radius 3 is 2.79 bits per heavy atom. The number of hydrogen-bond acceptors (Lipinski definition) is 4. The lowest BCUT2D eigenvalue weighted by Gasteiger charge is -2.23. The zero-order chi connectivity index (χ0) is 16.7. The van der Waals surface area contributed by atoms with E-state index in [4.69, 9.17) is 4.74 Å². The van der Waals surface area contributed by atoms with E-state index in [2.05, 4.69) is 9.97 Å². The zero-order valence-electron chi connectivity index (χ0n) is 13.1. The number of halogens is 2. The van der Waals surface area contributed by atoms with E-state index in [0.717, 1.165) is 12.8 Å². The van der Waals surface area contributed by atoms with Crippen molar-refractivity contribution < 1.29 is 18.3 Å². The van der Waals surface area contributed by atoms with Gasteiger partial charge in [-0.1, -0.05) is 0 Å². The van der Waals surface area contributed by atoms with Crippen molar-refractivity contribution in [2.45, 2.75) is 31.2 Å². The number of aromatic nitrogens is 3. The van der Waals surface area contributed by atoms with E-state index in [9.17, 15) is 13.6 Å². The van der Waals surface area contributed by atoms with Crippen LogP contribution in [0.3, 0.4) is 0 Å². The second-order valence-electron chi connectivity index (χ2n) is 6.39. The normalized spacial score (nSPS) is 21.5. The number of hydrogen-bond donors (Lipinski definition) is 0. The minimum atomic E-state index is -2.79. The van der Waals surface area contributed by atoms with Gasteiger partial charge in [-0.15, -0.1) is 0 Å². The Balaban J connectivity index is 1.59. The molecule has 0 radical (unpaired) electrons. The highest BCUT2D eigenvalue weighted by atomic mass is 19.3. The molecule has 128 valence electrons. The fourth-order valence-electron chi connectivity index (χ4n) is 3.36. The van der Waals surface area contributed by atoms with E-state index in [1.54, 1.807) is 12.4 Å². The Morgan fingerprint density at radius 2 is 2.08 bits per heavy atom. The minimum absolute atomic E-state index is 0.0698. The number of rotatable bonds is 2. The largest absolute Gasteiger partial charge is 0.381 e. The highest BCUT2D eigenvalue weighted by Crippen LogP contribution is 2.29. The van der Waals surface area contributed by atoms with Gasteiger partial charge in [0.05, 0.1) is 18.4 Å². The van der Waals surface area contributed by atoms with Crippen LogP contribution in [0.4, 0.5) is 8.78 Å². The Hall–Kier alpha value is -2.09. The summed E-state index contributed by atoms with van der Waals surface area (Å²) in [5, 5.41) is 0. The van der Waals surface area contributed by atoms with Crippen molar-refractivity contribution >= 4 is 17.1 Å². The van der Waals surface area contributed by atoms with Crippen molar-refractivity contribution in [3.05, 3.63) is 24.2 Å². The van der Waals surface area contributed by atoms with Gasteiger partial charge in [-0.25, -0.2) is 18.7 Å².